The fourth-order valence-electron chi connectivity index (χ4n) is 3.44. The first kappa shape index (κ1) is 15.2. The number of fused-ring (bicyclic) bond motifs is 2. The molecule has 4 nitrogen and oxygen atoms in total. The summed E-state index contributed by atoms with van der Waals surface area (Å²) in [5.41, 5.74) is 3.94. The first-order valence-corrected chi connectivity index (χ1v) is 8.30. The van der Waals surface area contributed by atoms with Crippen molar-refractivity contribution >= 4 is 28.4 Å². The van der Waals surface area contributed by atoms with Gasteiger partial charge in [0.15, 0.2) is 0 Å². The second-order valence-electron chi connectivity index (χ2n) is 6.20. The molecular formula is C19H17ClN2O2. The highest BCUT2D eigenvalue weighted by Gasteiger charge is 2.31. The molecule has 0 saturated heterocycles. The number of aliphatic hydroxyl groups excluding tert-OH is 1. The van der Waals surface area contributed by atoms with Gasteiger partial charge in [-0.2, -0.15) is 0 Å². The summed E-state index contributed by atoms with van der Waals surface area (Å²) < 4.78 is 0. The van der Waals surface area contributed by atoms with Crippen LogP contribution < -0.4 is 5.32 Å². The van der Waals surface area contributed by atoms with E-state index in [2.05, 4.69) is 10.3 Å². The third-order valence-electron chi connectivity index (χ3n) is 4.60. The van der Waals surface area contributed by atoms with Gasteiger partial charge in [-0.15, -0.1) is 0 Å². The smallest absolute Gasteiger partial charge is 0.225 e. The number of benzene rings is 2. The lowest BCUT2D eigenvalue weighted by atomic mass is 10.1. The molecule has 5 heteroatoms. The predicted octanol–water partition coefficient (Wildman–Crippen LogP) is 3.14. The Morgan fingerprint density at radius 2 is 2.12 bits per heavy atom. The molecule has 2 atom stereocenters. The van der Waals surface area contributed by atoms with Crippen molar-refractivity contribution in [3.63, 3.8) is 0 Å². The van der Waals surface area contributed by atoms with E-state index in [0.717, 1.165) is 27.6 Å². The topological polar surface area (TPSA) is 65.1 Å². The van der Waals surface area contributed by atoms with Gasteiger partial charge >= 0.3 is 0 Å². The molecule has 1 aliphatic carbocycles. The van der Waals surface area contributed by atoms with Gasteiger partial charge in [0.1, 0.15) is 0 Å². The van der Waals surface area contributed by atoms with E-state index < -0.39 is 6.10 Å². The third kappa shape index (κ3) is 2.68. The Labute approximate surface area is 144 Å². The van der Waals surface area contributed by atoms with Crippen molar-refractivity contribution in [1.82, 2.24) is 10.3 Å². The predicted molar refractivity (Wildman–Crippen MR) is 94.0 cm³/mol. The van der Waals surface area contributed by atoms with Gasteiger partial charge in [-0.05, 0) is 34.9 Å². The first-order chi connectivity index (χ1) is 11.6. The van der Waals surface area contributed by atoms with Crippen LogP contribution in [-0.4, -0.2) is 22.1 Å². The molecule has 4 rings (SSSR count). The van der Waals surface area contributed by atoms with E-state index in [1.165, 1.54) is 0 Å². The summed E-state index contributed by atoms with van der Waals surface area (Å²) >= 11 is 6.05. The molecule has 1 amide bonds. The van der Waals surface area contributed by atoms with E-state index in [4.69, 9.17) is 11.6 Å². The van der Waals surface area contributed by atoms with E-state index >= 15 is 0 Å². The van der Waals surface area contributed by atoms with Crippen molar-refractivity contribution in [3.05, 3.63) is 70.4 Å². The highest BCUT2D eigenvalue weighted by Crippen LogP contribution is 2.31. The molecular weight excluding hydrogens is 324 g/mol. The van der Waals surface area contributed by atoms with Gasteiger partial charge in [-0.1, -0.05) is 35.9 Å². The Morgan fingerprint density at radius 1 is 1.29 bits per heavy atom. The molecule has 24 heavy (non-hydrogen) atoms. The number of carbonyl (C=O) groups is 1. The molecule has 0 spiro atoms. The summed E-state index contributed by atoms with van der Waals surface area (Å²) in [6.07, 6.45) is 2.07. The molecule has 0 aliphatic heterocycles. The number of rotatable bonds is 3. The van der Waals surface area contributed by atoms with Crippen LogP contribution in [0, 0.1) is 0 Å². The number of aromatic nitrogens is 1. The van der Waals surface area contributed by atoms with Crippen LogP contribution in [-0.2, 0) is 17.6 Å². The van der Waals surface area contributed by atoms with Gasteiger partial charge in [0.05, 0.1) is 18.6 Å². The van der Waals surface area contributed by atoms with Crippen LogP contribution >= 0.6 is 11.6 Å². The monoisotopic (exact) mass is 340 g/mol. The second kappa shape index (κ2) is 5.96. The largest absolute Gasteiger partial charge is 0.390 e. The van der Waals surface area contributed by atoms with E-state index in [1.54, 1.807) is 0 Å². The van der Waals surface area contributed by atoms with Crippen molar-refractivity contribution < 1.29 is 9.90 Å². The lowest BCUT2D eigenvalue weighted by Crippen LogP contribution is -2.34. The number of amides is 1. The molecule has 3 aromatic rings. The number of carbonyl (C=O) groups excluding carboxylic acids is 1. The van der Waals surface area contributed by atoms with Gasteiger partial charge in [-0.3, -0.25) is 4.79 Å². The van der Waals surface area contributed by atoms with Gasteiger partial charge in [0, 0.05) is 28.5 Å². The minimum Gasteiger partial charge on any atom is -0.390 e. The molecule has 0 saturated carbocycles. The van der Waals surface area contributed by atoms with Crippen LogP contribution in [0.15, 0.2) is 48.7 Å². The number of H-pyrrole nitrogens is 1. The van der Waals surface area contributed by atoms with Crippen LogP contribution in [0.1, 0.15) is 22.7 Å². The Balaban J connectivity index is 1.54. The van der Waals surface area contributed by atoms with Crippen molar-refractivity contribution in [3.8, 4) is 0 Å². The average molecular weight is 341 g/mol. The Morgan fingerprint density at radius 3 is 3.00 bits per heavy atom. The summed E-state index contributed by atoms with van der Waals surface area (Å²) in [7, 11) is 0. The van der Waals surface area contributed by atoms with E-state index in [-0.39, 0.29) is 18.4 Å². The Bertz CT molecular complexity index is 919. The summed E-state index contributed by atoms with van der Waals surface area (Å²) in [5.74, 6) is -0.114. The van der Waals surface area contributed by atoms with E-state index in [1.807, 2.05) is 48.7 Å². The maximum atomic E-state index is 12.5. The van der Waals surface area contributed by atoms with Crippen LogP contribution in [0.2, 0.25) is 5.02 Å². The summed E-state index contributed by atoms with van der Waals surface area (Å²) in [6, 6.07) is 13.1. The maximum Gasteiger partial charge on any atom is 0.225 e. The second-order valence-corrected chi connectivity index (χ2v) is 6.63. The number of halogens is 1. The van der Waals surface area contributed by atoms with Crippen molar-refractivity contribution in [2.75, 3.05) is 0 Å². The lowest BCUT2D eigenvalue weighted by Gasteiger charge is -2.18. The molecule has 1 aromatic heterocycles. The van der Waals surface area contributed by atoms with Gasteiger partial charge in [-0.25, -0.2) is 0 Å². The minimum atomic E-state index is -0.580. The SMILES string of the molecule is O=C(Cc1c[nH]c2ccc(Cl)cc12)NC1c2ccccc2CC1O. The van der Waals surface area contributed by atoms with Crippen molar-refractivity contribution in [2.45, 2.75) is 25.0 Å². The summed E-state index contributed by atoms with van der Waals surface area (Å²) in [6.45, 7) is 0. The standard InChI is InChI=1S/C19H17ClN2O2/c20-13-5-6-16-15(9-13)12(10-21-16)8-18(24)22-19-14-4-2-1-3-11(14)7-17(19)23/h1-6,9-10,17,19,21,23H,7-8H2,(H,22,24). The quantitative estimate of drug-likeness (QED) is 0.685. The molecule has 0 bridgehead atoms. The van der Waals surface area contributed by atoms with Gasteiger partial charge < -0.3 is 15.4 Å². The molecule has 0 fully saturated rings. The third-order valence-corrected chi connectivity index (χ3v) is 4.84. The number of hydrogen-bond acceptors (Lipinski definition) is 2. The molecule has 3 N–H and O–H groups in total. The summed E-state index contributed by atoms with van der Waals surface area (Å²) in [4.78, 5) is 15.6. The van der Waals surface area contributed by atoms with Gasteiger partial charge in [0.2, 0.25) is 5.91 Å². The highest BCUT2D eigenvalue weighted by molar-refractivity contribution is 6.31. The highest BCUT2D eigenvalue weighted by atomic mass is 35.5. The van der Waals surface area contributed by atoms with Crippen molar-refractivity contribution in [1.29, 1.82) is 0 Å². The minimum absolute atomic E-state index is 0.114. The van der Waals surface area contributed by atoms with Gasteiger partial charge in [0.25, 0.3) is 0 Å². The molecule has 122 valence electrons. The average Bonchev–Trinajstić information content (AvgIpc) is 3.09. The maximum absolute atomic E-state index is 12.5. The van der Waals surface area contributed by atoms with E-state index in [9.17, 15) is 9.90 Å². The number of aromatic amines is 1. The number of nitrogens with one attached hydrogen (secondary N) is 2. The fraction of sp³-hybridized carbons (Fsp3) is 0.211. The number of aliphatic hydroxyl groups is 1. The molecule has 0 radical (unpaired) electrons. The number of hydrogen-bond donors (Lipinski definition) is 3. The Hall–Kier alpha value is -2.30. The fourth-order valence-corrected chi connectivity index (χ4v) is 3.61. The zero-order chi connectivity index (χ0) is 16.7. The Kier molecular flexibility index (Phi) is 3.79. The van der Waals surface area contributed by atoms with Crippen LogP contribution in [0.3, 0.4) is 0 Å². The summed E-state index contributed by atoms with van der Waals surface area (Å²) in [5, 5.41) is 14.8. The zero-order valence-electron chi connectivity index (χ0n) is 12.9. The lowest BCUT2D eigenvalue weighted by molar-refractivity contribution is -0.121. The molecule has 1 heterocycles. The van der Waals surface area contributed by atoms with Crippen LogP contribution in [0.5, 0.6) is 0 Å². The van der Waals surface area contributed by atoms with Crippen LogP contribution in [0.4, 0.5) is 0 Å². The molecule has 2 unspecified atom stereocenters. The van der Waals surface area contributed by atoms with Crippen molar-refractivity contribution in [2.24, 2.45) is 0 Å². The molecule has 1 aliphatic rings. The first-order valence-electron chi connectivity index (χ1n) is 7.92. The van der Waals surface area contributed by atoms with Crippen LogP contribution in [0.25, 0.3) is 10.9 Å². The zero-order valence-corrected chi connectivity index (χ0v) is 13.7. The normalized spacial score (nSPS) is 19.4. The van der Waals surface area contributed by atoms with E-state index in [0.29, 0.717) is 11.4 Å². The molecule has 2 aromatic carbocycles.